The number of sulfonamides is 1. The summed E-state index contributed by atoms with van der Waals surface area (Å²) in [5.41, 5.74) is 3.10. The lowest BCUT2D eigenvalue weighted by atomic mass is 9.99. The van der Waals surface area contributed by atoms with Crippen LogP contribution in [0.5, 0.6) is 0 Å². The van der Waals surface area contributed by atoms with E-state index < -0.39 is 26.6 Å². The third kappa shape index (κ3) is 3.30. The van der Waals surface area contributed by atoms with Crippen molar-refractivity contribution < 1.29 is 22.0 Å². The molecule has 0 saturated carbocycles. The SMILES string of the molecule is O=C(c1ccc2c3c(cccc13)CC2)N1CCN(S(=O)(=O)c2cc(F)ccc2F)CC1. The minimum Gasteiger partial charge on any atom is -0.336 e. The van der Waals surface area contributed by atoms with Crippen molar-refractivity contribution in [3.05, 3.63) is 76.9 Å². The van der Waals surface area contributed by atoms with E-state index in [0.717, 1.165) is 40.1 Å². The summed E-state index contributed by atoms with van der Waals surface area (Å²) < 4.78 is 54.2. The third-order valence-corrected chi connectivity index (χ3v) is 8.06. The number of halogens is 2. The molecule has 0 N–H and O–H groups in total. The van der Waals surface area contributed by atoms with E-state index in [0.29, 0.717) is 11.6 Å². The second-order valence-electron chi connectivity index (χ2n) is 7.88. The molecule has 0 radical (unpaired) electrons. The van der Waals surface area contributed by atoms with E-state index in [2.05, 4.69) is 6.07 Å². The molecule has 0 unspecified atom stereocenters. The highest BCUT2D eigenvalue weighted by Crippen LogP contribution is 2.33. The molecule has 5 rings (SSSR count). The smallest absolute Gasteiger partial charge is 0.254 e. The second-order valence-corrected chi connectivity index (χ2v) is 9.79. The number of benzene rings is 3. The molecule has 0 atom stereocenters. The van der Waals surface area contributed by atoms with Gasteiger partial charge in [-0.05, 0) is 59.0 Å². The van der Waals surface area contributed by atoms with Crippen LogP contribution in [0, 0.1) is 11.6 Å². The Bertz CT molecular complexity index is 1310. The third-order valence-electron chi connectivity index (χ3n) is 6.14. The largest absolute Gasteiger partial charge is 0.336 e. The average molecular weight is 442 g/mol. The Labute approximate surface area is 178 Å². The Morgan fingerprint density at radius 3 is 2.32 bits per heavy atom. The predicted molar refractivity (Wildman–Crippen MR) is 112 cm³/mol. The van der Waals surface area contributed by atoms with Crippen molar-refractivity contribution in [2.24, 2.45) is 0 Å². The van der Waals surface area contributed by atoms with Crippen LogP contribution in [0.25, 0.3) is 10.8 Å². The number of aryl methyl sites for hydroxylation is 2. The van der Waals surface area contributed by atoms with Gasteiger partial charge in [0.15, 0.2) is 0 Å². The Kier molecular flexibility index (Phi) is 4.79. The molecule has 1 aliphatic carbocycles. The van der Waals surface area contributed by atoms with E-state index in [1.165, 1.54) is 11.1 Å². The van der Waals surface area contributed by atoms with E-state index in [9.17, 15) is 22.0 Å². The Balaban J connectivity index is 1.37. The van der Waals surface area contributed by atoms with Gasteiger partial charge >= 0.3 is 0 Å². The summed E-state index contributed by atoms with van der Waals surface area (Å²) in [6.07, 6.45) is 1.94. The first-order valence-corrected chi connectivity index (χ1v) is 11.6. The van der Waals surface area contributed by atoms with Crippen LogP contribution < -0.4 is 0 Å². The minimum absolute atomic E-state index is 0.0191. The van der Waals surface area contributed by atoms with E-state index >= 15 is 0 Å². The van der Waals surface area contributed by atoms with Crippen LogP contribution in [0.15, 0.2) is 53.4 Å². The van der Waals surface area contributed by atoms with Crippen LogP contribution in [0.1, 0.15) is 21.5 Å². The molecule has 0 aromatic heterocycles. The molecular weight excluding hydrogens is 422 g/mol. The molecule has 1 saturated heterocycles. The van der Waals surface area contributed by atoms with Crippen molar-refractivity contribution >= 4 is 26.7 Å². The molecule has 0 spiro atoms. The van der Waals surface area contributed by atoms with E-state index in [-0.39, 0.29) is 32.1 Å². The number of piperazine rings is 1. The number of rotatable bonds is 3. The molecule has 3 aromatic carbocycles. The molecule has 2 aliphatic rings. The maximum atomic E-state index is 14.0. The van der Waals surface area contributed by atoms with Gasteiger partial charge < -0.3 is 4.90 Å². The van der Waals surface area contributed by atoms with Crippen LogP contribution in [-0.2, 0) is 22.9 Å². The molecule has 1 aliphatic heterocycles. The molecule has 5 nitrogen and oxygen atoms in total. The highest BCUT2D eigenvalue weighted by molar-refractivity contribution is 7.89. The predicted octanol–water partition coefficient (Wildman–Crippen LogP) is 3.36. The number of nitrogens with zero attached hydrogens (tertiary/aromatic N) is 2. The summed E-state index contributed by atoms with van der Waals surface area (Å²) in [6, 6.07) is 12.2. The van der Waals surface area contributed by atoms with Crippen molar-refractivity contribution in [2.75, 3.05) is 26.2 Å². The van der Waals surface area contributed by atoms with Crippen LogP contribution >= 0.6 is 0 Å². The van der Waals surface area contributed by atoms with Crippen molar-refractivity contribution in [1.29, 1.82) is 0 Å². The molecular formula is C23H20F2N2O3S. The lowest BCUT2D eigenvalue weighted by molar-refractivity contribution is 0.0699. The fourth-order valence-electron chi connectivity index (χ4n) is 4.55. The monoisotopic (exact) mass is 442 g/mol. The maximum Gasteiger partial charge on any atom is 0.254 e. The van der Waals surface area contributed by atoms with Gasteiger partial charge in [-0.25, -0.2) is 17.2 Å². The zero-order valence-corrected chi connectivity index (χ0v) is 17.5. The summed E-state index contributed by atoms with van der Waals surface area (Å²) in [6.45, 7) is 0.395. The van der Waals surface area contributed by atoms with Crippen molar-refractivity contribution in [3.8, 4) is 0 Å². The van der Waals surface area contributed by atoms with Crippen molar-refractivity contribution in [2.45, 2.75) is 17.7 Å². The van der Waals surface area contributed by atoms with Gasteiger partial charge in [0.25, 0.3) is 5.91 Å². The highest BCUT2D eigenvalue weighted by atomic mass is 32.2. The van der Waals surface area contributed by atoms with Gasteiger partial charge in [0.1, 0.15) is 16.5 Å². The lowest BCUT2D eigenvalue weighted by Crippen LogP contribution is -2.50. The van der Waals surface area contributed by atoms with Crippen LogP contribution in [0.2, 0.25) is 0 Å². The fraction of sp³-hybridized carbons (Fsp3) is 0.261. The van der Waals surface area contributed by atoms with E-state index in [1.807, 2.05) is 24.3 Å². The summed E-state index contributed by atoms with van der Waals surface area (Å²) in [4.78, 5) is 14.2. The van der Waals surface area contributed by atoms with Gasteiger partial charge in [0.2, 0.25) is 10.0 Å². The zero-order chi connectivity index (χ0) is 21.8. The molecule has 3 aromatic rings. The van der Waals surface area contributed by atoms with Gasteiger partial charge in [0, 0.05) is 31.7 Å². The van der Waals surface area contributed by atoms with Gasteiger partial charge in [0.05, 0.1) is 0 Å². The van der Waals surface area contributed by atoms with Gasteiger partial charge in [-0.3, -0.25) is 4.79 Å². The normalized spacial score (nSPS) is 16.8. The number of amides is 1. The van der Waals surface area contributed by atoms with E-state index in [4.69, 9.17) is 0 Å². The first kappa shape index (κ1) is 20.1. The molecule has 31 heavy (non-hydrogen) atoms. The minimum atomic E-state index is -4.19. The molecule has 8 heteroatoms. The standard InChI is InChI=1S/C23H20F2N2O3S/c24-17-7-9-20(25)21(14-17)31(29,30)27-12-10-26(11-13-27)23(28)19-8-6-16-5-4-15-2-1-3-18(19)22(15)16/h1-3,6-9,14H,4-5,10-13H2. The number of carbonyl (C=O) groups is 1. The molecule has 0 bridgehead atoms. The first-order valence-electron chi connectivity index (χ1n) is 10.1. The Morgan fingerprint density at radius 1 is 0.871 bits per heavy atom. The Morgan fingerprint density at radius 2 is 1.58 bits per heavy atom. The van der Waals surface area contributed by atoms with Crippen molar-refractivity contribution in [1.82, 2.24) is 9.21 Å². The van der Waals surface area contributed by atoms with Crippen molar-refractivity contribution in [3.63, 3.8) is 0 Å². The Hall–Kier alpha value is -2.84. The summed E-state index contributed by atoms with van der Waals surface area (Å²) >= 11 is 0. The van der Waals surface area contributed by atoms with Gasteiger partial charge in [-0.1, -0.05) is 24.3 Å². The number of carbonyl (C=O) groups excluding carboxylic acids is 1. The quantitative estimate of drug-likeness (QED) is 0.625. The first-order chi connectivity index (χ1) is 14.9. The zero-order valence-electron chi connectivity index (χ0n) is 16.6. The second kappa shape index (κ2) is 7.39. The molecule has 1 heterocycles. The van der Waals surface area contributed by atoms with Gasteiger partial charge in [-0.15, -0.1) is 0 Å². The van der Waals surface area contributed by atoms with E-state index in [1.54, 1.807) is 4.90 Å². The van der Waals surface area contributed by atoms with Gasteiger partial charge in [-0.2, -0.15) is 4.31 Å². The molecule has 1 amide bonds. The highest BCUT2D eigenvalue weighted by Gasteiger charge is 2.33. The molecule has 1 fully saturated rings. The fourth-order valence-corrected chi connectivity index (χ4v) is 6.05. The van der Waals surface area contributed by atoms with Crippen LogP contribution in [-0.4, -0.2) is 49.7 Å². The molecule has 160 valence electrons. The maximum absolute atomic E-state index is 14.0. The topological polar surface area (TPSA) is 57.7 Å². The summed E-state index contributed by atoms with van der Waals surface area (Å²) in [5.74, 6) is -1.96. The van der Waals surface area contributed by atoms with Crippen LogP contribution in [0.4, 0.5) is 8.78 Å². The summed E-state index contributed by atoms with van der Waals surface area (Å²) in [7, 11) is -4.19. The summed E-state index contributed by atoms with van der Waals surface area (Å²) in [5, 5.41) is 2.07. The average Bonchev–Trinajstić information content (AvgIpc) is 3.20. The van der Waals surface area contributed by atoms with Crippen LogP contribution in [0.3, 0.4) is 0 Å². The lowest BCUT2D eigenvalue weighted by Gasteiger charge is -2.34. The number of hydrogen-bond donors (Lipinski definition) is 0. The number of hydrogen-bond acceptors (Lipinski definition) is 3.